The number of alkyl carbamates (subject to hydrolysis) is 1. The molecule has 0 aromatic heterocycles. The van der Waals surface area contributed by atoms with Crippen LogP contribution in [-0.4, -0.2) is 66.4 Å². The number of fused-ring (bicyclic) bond motifs is 3. The van der Waals surface area contributed by atoms with Crippen molar-refractivity contribution in [2.45, 2.75) is 44.2 Å². The summed E-state index contributed by atoms with van der Waals surface area (Å²) in [5, 5.41) is 12.5. The van der Waals surface area contributed by atoms with Gasteiger partial charge < -0.3 is 24.8 Å². The zero-order chi connectivity index (χ0) is 25.2. The number of hydrogen-bond acceptors (Lipinski definition) is 5. The standard InChI is InChI=1S/C27H32N2O6/c1-4-17(2)23(24(30)29(3)27(25(31)32)13-14-34-16-27)28-26(33)35-15-22-20-11-7-5-9-18(20)19-10-6-8-12-21(19)22/h5-12,17,22-23H,4,13-16H2,1-3H3,(H,28,33)(H,31,32). The van der Waals surface area contributed by atoms with Gasteiger partial charge in [0.1, 0.15) is 12.6 Å². The lowest BCUT2D eigenvalue weighted by Gasteiger charge is -2.37. The van der Waals surface area contributed by atoms with Crippen LogP contribution in [0.2, 0.25) is 0 Å². The van der Waals surface area contributed by atoms with E-state index in [0.717, 1.165) is 22.3 Å². The topological polar surface area (TPSA) is 105 Å². The predicted octanol–water partition coefficient (Wildman–Crippen LogP) is 3.64. The van der Waals surface area contributed by atoms with E-state index in [2.05, 4.69) is 17.4 Å². The third kappa shape index (κ3) is 4.50. The van der Waals surface area contributed by atoms with E-state index in [4.69, 9.17) is 9.47 Å². The number of nitrogens with zero attached hydrogens (tertiary/aromatic N) is 1. The zero-order valence-electron chi connectivity index (χ0n) is 20.3. The van der Waals surface area contributed by atoms with Crippen molar-refractivity contribution in [3.63, 3.8) is 0 Å². The maximum atomic E-state index is 13.4. The largest absolute Gasteiger partial charge is 0.479 e. The van der Waals surface area contributed by atoms with Gasteiger partial charge in [0, 0.05) is 26.0 Å². The van der Waals surface area contributed by atoms with Gasteiger partial charge >= 0.3 is 12.1 Å². The molecule has 1 saturated heterocycles. The Morgan fingerprint density at radius 1 is 1.14 bits per heavy atom. The Morgan fingerprint density at radius 3 is 2.26 bits per heavy atom. The van der Waals surface area contributed by atoms with Gasteiger partial charge in [-0.25, -0.2) is 9.59 Å². The molecular formula is C27H32N2O6. The molecule has 0 saturated carbocycles. The fourth-order valence-corrected chi connectivity index (χ4v) is 5.00. The molecule has 2 aliphatic rings. The average molecular weight is 481 g/mol. The first kappa shape index (κ1) is 24.7. The summed E-state index contributed by atoms with van der Waals surface area (Å²) >= 11 is 0. The highest BCUT2D eigenvalue weighted by atomic mass is 16.5. The number of carboxylic acids is 1. The summed E-state index contributed by atoms with van der Waals surface area (Å²) in [6.07, 6.45) is 0.110. The van der Waals surface area contributed by atoms with E-state index in [1.165, 1.54) is 11.9 Å². The Balaban J connectivity index is 1.47. The third-order valence-electron chi connectivity index (χ3n) is 7.47. The first-order valence-corrected chi connectivity index (χ1v) is 12.0. The maximum Gasteiger partial charge on any atom is 0.407 e. The third-order valence-corrected chi connectivity index (χ3v) is 7.47. The fraction of sp³-hybridized carbons (Fsp3) is 0.444. The van der Waals surface area contributed by atoms with Gasteiger partial charge in [-0.05, 0) is 28.2 Å². The first-order valence-electron chi connectivity index (χ1n) is 12.0. The van der Waals surface area contributed by atoms with Crippen LogP contribution in [0.4, 0.5) is 4.79 Å². The maximum absolute atomic E-state index is 13.4. The van der Waals surface area contributed by atoms with Crippen molar-refractivity contribution in [1.29, 1.82) is 0 Å². The second-order valence-corrected chi connectivity index (χ2v) is 9.37. The van der Waals surface area contributed by atoms with Gasteiger partial charge in [-0.15, -0.1) is 0 Å². The molecule has 1 fully saturated rings. The van der Waals surface area contributed by atoms with Crippen molar-refractivity contribution < 1.29 is 29.0 Å². The minimum atomic E-state index is -1.44. The molecule has 4 rings (SSSR count). The van der Waals surface area contributed by atoms with Crippen LogP contribution < -0.4 is 5.32 Å². The van der Waals surface area contributed by atoms with Crippen LogP contribution in [0.15, 0.2) is 48.5 Å². The molecule has 3 unspecified atom stereocenters. The van der Waals surface area contributed by atoms with Gasteiger partial charge in [-0.1, -0.05) is 68.8 Å². The highest BCUT2D eigenvalue weighted by Crippen LogP contribution is 2.44. The van der Waals surface area contributed by atoms with Crippen molar-refractivity contribution in [2.75, 3.05) is 26.9 Å². The lowest BCUT2D eigenvalue weighted by atomic mass is 9.92. The number of carboxylic acid groups (broad SMARTS) is 1. The number of rotatable bonds is 8. The quantitative estimate of drug-likeness (QED) is 0.598. The molecule has 8 heteroatoms. The molecule has 1 aliphatic carbocycles. The first-order chi connectivity index (χ1) is 16.8. The number of likely N-dealkylation sites (N-methyl/N-ethyl adjacent to an activating group) is 1. The van der Waals surface area contributed by atoms with E-state index in [1.54, 1.807) is 0 Å². The Labute approximate surface area is 205 Å². The van der Waals surface area contributed by atoms with E-state index >= 15 is 0 Å². The van der Waals surface area contributed by atoms with Crippen LogP contribution in [0.5, 0.6) is 0 Å². The van der Waals surface area contributed by atoms with E-state index in [0.29, 0.717) is 6.42 Å². The van der Waals surface area contributed by atoms with Crippen LogP contribution in [0.1, 0.15) is 43.7 Å². The van der Waals surface area contributed by atoms with Crippen molar-refractivity contribution >= 4 is 18.0 Å². The second kappa shape index (κ2) is 10.1. The molecule has 35 heavy (non-hydrogen) atoms. The molecule has 1 aliphatic heterocycles. The van der Waals surface area contributed by atoms with Crippen LogP contribution in [0.3, 0.4) is 0 Å². The number of carbonyl (C=O) groups is 3. The Morgan fingerprint density at radius 2 is 1.74 bits per heavy atom. The highest BCUT2D eigenvalue weighted by Gasteiger charge is 2.50. The normalized spacial score (nSPS) is 20.4. The zero-order valence-corrected chi connectivity index (χ0v) is 20.3. The SMILES string of the molecule is CCC(C)C(NC(=O)OCC1c2ccccc2-c2ccccc21)C(=O)N(C)C1(C(=O)O)CCOC1. The number of benzene rings is 2. The molecule has 0 spiro atoms. The summed E-state index contributed by atoms with van der Waals surface area (Å²) in [6.45, 7) is 4.07. The molecule has 1 heterocycles. The minimum Gasteiger partial charge on any atom is -0.479 e. The Hall–Kier alpha value is -3.39. The molecule has 2 N–H and O–H groups in total. The summed E-state index contributed by atoms with van der Waals surface area (Å²) in [7, 11) is 1.46. The van der Waals surface area contributed by atoms with Gasteiger partial charge in [0.25, 0.3) is 0 Å². The monoisotopic (exact) mass is 480 g/mol. The number of amides is 2. The van der Waals surface area contributed by atoms with Gasteiger partial charge in [-0.2, -0.15) is 0 Å². The van der Waals surface area contributed by atoms with Gasteiger partial charge in [0.05, 0.1) is 6.61 Å². The van der Waals surface area contributed by atoms with Crippen LogP contribution in [0, 0.1) is 5.92 Å². The predicted molar refractivity (Wildman–Crippen MR) is 130 cm³/mol. The molecular weight excluding hydrogens is 448 g/mol. The van der Waals surface area contributed by atoms with Crippen molar-refractivity contribution in [3.05, 3.63) is 59.7 Å². The molecule has 3 atom stereocenters. The molecule has 2 aromatic rings. The molecule has 0 radical (unpaired) electrons. The van der Waals surface area contributed by atoms with Crippen molar-refractivity contribution in [2.24, 2.45) is 5.92 Å². The van der Waals surface area contributed by atoms with E-state index < -0.39 is 29.6 Å². The summed E-state index contributed by atoms with van der Waals surface area (Å²) < 4.78 is 10.9. The minimum absolute atomic E-state index is 0.0806. The van der Waals surface area contributed by atoms with E-state index in [1.807, 2.05) is 50.2 Å². The van der Waals surface area contributed by atoms with Gasteiger partial charge in [0.2, 0.25) is 5.91 Å². The molecule has 2 amide bonds. The van der Waals surface area contributed by atoms with Crippen molar-refractivity contribution in [3.8, 4) is 11.1 Å². The number of hydrogen-bond donors (Lipinski definition) is 2. The molecule has 8 nitrogen and oxygen atoms in total. The smallest absolute Gasteiger partial charge is 0.407 e. The molecule has 186 valence electrons. The molecule has 0 bridgehead atoms. The van der Waals surface area contributed by atoms with Crippen molar-refractivity contribution in [1.82, 2.24) is 10.2 Å². The van der Waals surface area contributed by atoms with Crippen LogP contribution in [-0.2, 0) is 19.1 Å². The molecule has 2 aromatic carbocycles. The summed E-state index contributed by atoms with van der Waals surface area (Å²) in [4.78, 5) is 39.5. The highest BCUT2D eigenvalue weighted by molar-refractivity contribution is 5.91. The average Bonchev–Trinajstić information content (AvgIpc) is 3.49. The Bertz CT molecular complexity index is 1060. The lowest BCUT2D eigenvalue weighted by Crippen LogP contribution is -2.61. The summed E-state index contributed by atoms with van der Waals surface area (Å²) in [5.41, 5.74) is 3.01. The Kier molecular flexibility index (Phi) is 7.12. The second-order valence-electron chi connectivity index (χ2n) is 9.37. The number of nitrogens with one attached hydrogen (secondary N) is 1. The summed E-state index contributed by atoms with van der Waals surface area (Å²) in [5.74, 6) is -1.91. The number of ether oxygens (including phenoxy) is 2. The lowest BCUT2D eigenvalue weighted by molar-refractivity contribution is -0.159. The van der Waals surface area contributed by atoms with Gasteiger partial charge in [-0.3, -0.25) is 4.79 Å². The van der Waals surface area contributed by atoms with E-state index in [9.17, 15) is 19.5 Å². The van der Waals surface area contributed by atoms with Gasteiger partial charge in [0.15, 0.2) is 5.54 Å². The number of aliphatic carboxylic acids is 1. The fourth-order valence-electron chi connectivity index (χ4n) is 5.00. The van der Waals surface area contributed by atoms with E-state index in [-0.39, 0.29) is 38.1 Å². The number of carbonyl (C=O) groups excluding carboxylic acids is 2. The summed E-state index contributed by atoms with van der Waals surface area (Å²) in [6, 6.07) is 15.2. The van der Waals surface area contributed by atoms with Crippen LogP contribution in [0.25, 0.3) is 11.1 Å². The van der Waals surface area contributed by atoms with Crippen LogP contribution >= 0.6 is 0 Å².